The van der Waals surface area contributed by atoms with Crippen LogP contribution in [0.3, 0.4) is 0 Å². The highest BCUT2D eigenvalue weighted by atomic mass is 16.3. The molecule has 0 N–H and O–H groups in total. The molecule has 3 nitrogen and oxygen atoms in total. The van der Waals surface area contributed by atoms with Gasteiger partial charge in [0.05, 0.1) is 6.26 Å². The standard InChI is InChI=1S/C14H15NO2/c1-9(16)15(2)13-8-12(13)10-4-3-5-14-11(10)6-7-17-14/h3-7,12-13H,8H2,1-2H3. The van der Waals surface area contributed by atoms with Gasteiger partial charge in [0.25, 0.3) is 0 Å². The molecule has 1 aliphatic rings. The quantitative estimate of drug-likeness (QED) is 0.793. The van der Waals surface area contributed by atoms with E-state index in [2.05, 4.69) is 6.07 Å². The molecule has 1 aromatic carbocycles. The van der Waals surface area contributed by atoms with Gasteiger partial charge in [-0.2, -0.15) is 0 Å². The fourth-order valence-electron chi connectivity index (χ4n) is 2.52. The number of hydrogen-bond donors (Lipinski definition) is 0. The van der Waals surface area contributed by atoms with Crippen molar-refractivity contribution >= 4 is 16.9 Å². The van der Waals surface area contributed by atoms with Gasteiger partial charge in [-0.05, 0) is 24.1 Å². The Labute approximate surface area is 100 Å². The summed E-state index contributed by atoms with van der Waals surface area (Å²) in [6.45, 7) is 1.62. The van der Waals surface area contributed by atoms with Crippen molar-refractivity contribution in [2.75, 3.05) is 7.05 Å². The largest absolute Gasteiger partial charge is 0.464 e. The van der Waals surface area contributed by atoms with Crippen molar-refractivity contribution in [3.05, 3.63) is 36.1 Å². The summed E-state index contributed by atoms with van der Waals surface area (Å²) in [5.41, 5.74) is 2.23. The molecule has 1 aromatic heterocycles. The van der Waals surface area contributed by atoms with Crippen LogP contribution in [0.4, 0.5) is 0 Å². The number of likely N-dealkylation sites (N-methyl/N-ethyl adjacent to an activating group) is 1. The molecule has 0 saturated heterocycles. The molecule has 17 heavy (non-hydrogen) atoms. The van der Waals surface area contributed by atoms with Crippen molar-refractivity contribution in [1.29, 1.82) is 0 Å². The Morgan fingerprint density at radius 3 is 3.00 bits per heavy atom. The van der Waals surface area contributed by atoms with Crippen LogP contribution in [0.5, 0.6) is 0 Å². The van der Waals surface area contributed by atoms with Crippen molar-refractivity contribution in [2.24, 2.45) is 0 Å². The van der Waals surface area contributed by atoms with E-state index in [1.165, 1.54) is 10.9 Å². The second-order valence-corrected chi connectivity index (χ2v) is 4.72. The molecule has 2 atom stereocenters. The third-order valence-electron chi connectivity index (χ3n) is 3.68. The number of rotatable bonds is 2. The lowest BCUT2D eigenvalue weighted by atomic mass is 10.1. The van der Waals surface area contributed by atoms with Crippen LogP contribution in [0, 0.1) is 0 Å². The van der Waals surface area contributed by atoms with Gasteiger partial charge in [0.15, 0.2) is 0 Å². The molecule has 1 saturated carbocycles. The first-order valence-electron chi connectivity index (χ1n) is 5.88. The summed E-state index contributed by atoms with van der Waals surface area (Å²) < 4.78 is 5.40. The van der Waals surface area contributed by atoms with E-state index in [1.807, 2.05) is 30.1 Å². The van der Waals surface area contributed by atoms with Crippen molar-refractivity contribution in [3.63, 3.8) is 0 Å². The van der Waals surface area contributed by atoms with E-state index in [0.29, 0.717) is 12.0 Å². The predicted molar refractivity (Wildman–Crippen MR) is 65.8 cm³/mol. The molecule has 0 spiro atoms. The predicted octanol–water partition coefficient (Wildman–Crippen LogP) is 2.77. The molecule has 0 radical (unpaired) electrons. The Morgan fingerprint density at radius 1 is 1.41 bits per heavy atom. The van der Waals surface area contributed by atoms with Gasteiger partial charge < -0.3 is 9.32 Å². The van der Waals surface area contributed by atoms with Crippen LogP contribution in [0.2, 0.25) is 0 Å². The number of hydrogen-bond acceptors (Lipinski definition) is 2. The van der Waals surface area contributed by atoms with Gasteiger partial charge in [0.2, 0.25) is 5.91 Å². The average molecular weight is 229 g/mol. The molecule has 1 amide bonds. The van der Waals surface area contributed by atoms with Gasteiger partial charge in [-0.25, -0.2) is 0 Å². The Kier molecular flexibility index (Phi) is 2.21. The fraction of sp³-hybridized carbons (Fsp3) is 0.357. The van der Waals surface area contributed by atoms with Crippen molar-refractivity contribution in [2.45, 2.75) is 25.3 Å². The number of furan rings is 1. The average Bonchev–Trinajstić information content (AvgIpc) is 2.95. The molecule has 0 bridgehead atoms. The van der Waals surface area contributed by atoms with Gasteiger partial charge in [-0.3, -0.25) is 4.79 Å². The molecule has 1 aliphatic carbocycles. The number of nitrogens with zero attached hydrogens (tertiary/aromatic N) is 1. The van der Waals surface area contributed by atoms with Gasteiger partial charge in [0, 0.05) is 31.3 Å². The maximum atomic E-state index is 11.3. The van der Waals surface area contributed by atoms with Gasteiger partial charge >= 0.3 is 0 Å². The minimum atomic E-state index is 0.136. The summed E-state index contributed by atoms with van der Waals surface area (Å²) in [4.78, 5) is 13.2. The first kappa shape index (κ1) is 10.4. The van der Waals surface area contributed by atoms with Crippen molar-refractivity contribution in [3.8, 4) is 0 Å². The summed E-state index contributed by atoms with van der Waals surface area (Å²) >= 11 is 0. The van der Waals surface area contributed by atoms with Crippen LogP contribution >= 0.6 is 0 Å². The lowest BCUT2D eigenvalue weighted by molar-refractivity contribution is -0.128. The van der Waals surface area contributed by atoms with E-state index >= 15 is 0 Å². The number of fused-ring (bicyclic) bond motifs is 1. The zero-order valence-electron chi connectivity index (χ0n) is 10.0. The highest BCUT2D eigenvalue weighted by molar-refractivity contribution is 5.82. The van der Waals surface area contributed by atoms with E-state index < -0.39 is 0 Å². The Bertz CT molecular complexity index is 572. The molecule has 3 heteroatoms. The number of carbonyl (C=O) groups is 1. The summed E-state index contributed by atoms with van der Waals surface area (Å²) in [5, 5.41) is 1.18. The van der Waals surface area contributed by atoms with Gasteiger partial charge in [-0.15, -0.1) is 0 Å². The monoisotopic (exact) mass is 229 g/mol. The molecule has 2 unspecified atom stereocenters. The van der Waals surface area contributed by atoms with Crippen LogP contribution in [-0.2, 0) is 4.79 Å². The van der Waals surface area contributed by atoms with Gasteiger partial charge in [0.1, 0.15) is 5.58 Å². The van der Waals surface area contributed by atoms with E-state index in [1.54, 1.807) is 13.2 Å². The van der Waals surface area contributed by atoms with Crippen molar-refractivity contribution in [1.82, 2.24) is 4.90 Å². The lowest BCUT2D eigenvalue weighted by Crippen LogP contribution is -2.27. The smallest absolute Gasteiger partial charge is 0.219 e. The Balaban J connectivity index is 1.92. The minimum absolute atomic E-state index is 0.136. The Hall–Kier alpha value is -1.77. The molecule has 2 aromatic rings. The maximum Gasteiger partial charge on any atom is 0.219 e. The molecular weight excluding hydrogens is 214 g/mol. The lowest BCUT2D eigenvalue weighted by Gasteiger charge is -2.14. The summed E-state index contributed by atoms with van der Waals surface area (Å²) in [6.07, 6.45) is 2.78. The fourth-order valence-corrected chi connectivity index (χ4v) is 2.52. The van der Waals surface area contributed by atoms with Gasteiger partial charge in [-0.1, -0.05) is 12.1 Å². The highest BCUT2D eigenvalue weighted by Gasteiger charge is 2.43. The van der Waals surface area contributed by atoms with Crippen LogP contribution in [0.25, 0.3) is 11.0 Å². The molecule has 88 valence electrons. The Morgan fingerprint density at radius 2 is 2.24 bits per heavy atom. The normalized spacial score (nSPS) is 22.7. The molecule has 1 fully saturated rings. The van der Waals surface area contributed by atoms with E-state index in [-0.39, 0.29) is 5.91 Å². The SMILES string of the molecule is CC(=O)N(C)C1CC1c1cccc2occc12. The van der Waals surface area contributed by atoms with Crippen LogP contribution < -0.4 is 0 Å². The van der Waals surface area contributed by atoms with Crippen LogP contribution in [0.1, 0.15) is 24.8 Å². The maximum absolute atomic E-state index is 11.3. The summed E-state index contributed by atoms with van der Waals surface area (Å²) in [6, 6.07) is 8.49. The van der Waals surface area contributed by atoms with E-state index in [4.69, 9.17) is 4.42 Å². The molecular formula is C14H15NO2. The van der Waals surface area contributed by atoms with E-state index in [0.717, 1.165) is 12.0 Å². The zero-order valence-corrected chi connectivity index (χ0v) is 10.0. The molecule has 1 heterocycles. The van der Waals surface area contributed by atoms with Crippen LogP contribution in [0.15, 0.2) is 34.9 Å². The second kappa shape index (κ2) is 3.62. The third-order valence-corrected chi connectivity index (χ3v) is 3.68. The highest BCUT2D eigenvalue weighted by Crippen LogP contribution is 2.46. The van der Waals surface area contributed by atoms with E-state index in [9.17, 15) is 4.79 Å². The molecule has 0 aliphatic heterocycles. The summed E-state index contributed by atoms with van der Waals surface area (Å²) in [7, 11) is 1.88. The minimum Gasteiger partial charge on any atom is -0.464 e. The zero-order chi connectivity index (χ0) is 12.0. The third kappa shape index (κ3) is 1.62. The number of amides is 1. The van der Waals surface area contributed by atoms with Crippen LogP contribution in [-0.4, -0.2) is 23.9 Å². The molecule has 3 rings (SSSR count). The first-order chi connectivity index (χ1) is 8.18. The first-order valence-corrected chi connectivity index (χ1v) is 5.88. The number of benzene rings is 1. The van der Waals surface area contributed by atoms with Crippen molar-refractivity contribution < 1.29 is 9.21 Å². The topological polar surface area (TPSA) is 33.5 Å². The number of carbonyl (C=O) groups excluding carboxylic acids is 1. The second-order valence-electron chi connectivity index (χ2n) is 4.72. The summed E-state index contributed by atoms with van der Waals surface area (Å²) in [5.74, 6) is 0.599.